The minimum absolute atomic E-state index is 0.121. The molecule has 1 aliphatic rings. The van der Waals surface area contributed by atoms with Crippen LogP contribution in [-0.2, 0) is 5.41 Å². The van der Waals surface area contributed by atoms with Gasteiger partial charge in [-0.1, -0.05) is 25.1 Å². The highest BCUT2D eigenvalue weighted by atomic mass is 32.1. The van der Waals surface area contributed by atoms with Crippen LogP contribution in [0.3, 0.4) is 0 Å². The van der Waals surface area contributed by atoms with E-state index in [0.29, 0.717) is 13.1 Å². The predicted molar refractivity (Wildman–Crippen MR) is 78.0 cm³/mol. The van der Waals surface area contributed by atoms with Crippen molar-refractivity contribution in [3.05, 3.63) is 35.2 Å². The van der Waals surface area contributed by atoms with Crippen molar-refractivity contribution in [3.63, 3.8) is 0 Å². The van der Waals surface area contributed by atoms with Gasteiger partial charge >= 0.3 is 6.09 Å². The number of carbonyl (C=O) groups is 1. The molecular weight excluding hydrogens is 258 g/mol. The van der Waals surface area contributed by atoms with E-state index >= 15 is 0 Å². The van der Waals surface area contributed by atoms with E-state index in [1.807, 2.05) is 11.3 Å². The molecule has 0 atom stereocenters. The third kappa shape index (κ3) is 2.21. The highest BCUT2D eigenvalue weighted by Crippen LogP contribution is 2.41. The lowest BCUT2D eigenvalue weighted by Crippen LogP contribution is -2.42. The Morgan fingerprint density at radius 2 is 2.00 bits per heavy atom. The number of fused-ring (bicyclic) bond motifs is 1. The lowest BCUT2D eigenvalue weighted by molar-refractivity contribution is 0.120. The van der Waals surface area contributed by atoms with Gasteiger partial charge in [0.05, 0.1) is 0 Å². The van der Waals surface area contributed by atoms with Crippen LogP contribution in [0.1, 0.15) is 24.6 Å². The summed E-state index contributed by atoms with van der Waals surface area (Å²) in [4.78, 5) is 13.9. The van der Waals surface area contributed by atoms with Crippen molar-refractivity contribution in [2.24, 2.45) is 0 Å². The Kier molecular flexibility index (Phi) is 2.97. The molecule has 0 aliphatic carbocycles. The SMILES string of the molecule is CC1(c2cc3ccccc3s2)CCN(C(=O)O)CC1. The van der Waals surface area contributed by atoms with E-state index in [4.69, 9.17) is 5.11 Å². The van der Waals surface area contributed by atoms with E-state index in [1.165, 1.54) is 19.9 Å². The van der Waals surface area contributed by atoms with Crippen LogP contribution in [0.25, 0.3) is 10.1 Å². The zero-order valence-corrected chi connectivity index (χ0v) is 11.7. The second-order valence-corrected chi connectivity index (χ2v) is 6.56. The quantitative estimate of drug-likeness (QED) is 0.856. The molecule has 2 aromatic rings. The Hall–Kier alpha value is -1.55. The number of amides is 1. The molecule has 1 aromatic carbocycles. The van der Waals surface area contributed by atoms with Crippen LogP contribution in [-0.4, -0.2) is 29.2 Å². The summed E-state index contributed by atoms with van der Waals surface area (Å²) in [5.41, 5.74) is 0.121. The van der Waals surface area contributed by atoms with Gasteiger partial charge in [0.15, 0.2) is 0 Å². The third-order valence-corrected chi connectivity index (χ3v) is 5.58. The molecule has 2 heterocycles. The maximum absolute atomic E-state index is 11.0. The molecule has 0 unspecified atom stereocenters. The molecule has 0 spiro atoms. The van der Waals surface area contributed by atoms with Crippen LogP contribution in [0.5, 0.6) is 0 Å². The fraction of sp³-hybridized carbons (Fsp3) is 0.400. The summed E-state index contributed by atoms with van der Waals surface area (Å²) in [6, 6.07) is 10.7. The van der Waals surface area contributed by atoms with Gasteiger partial charge in [-0.3, -0.25) is 0 Å². The van der Waals surface area contributed by atoms with Gasteiger partial charge in [-0.2, -0.15) is 0 Å². The van der Waals surface area contributed by atoms with Crippen molar-refractivity contribution < 1.29 is 9.90 Å². The molecule has 1 aromatic heterocycles. The minimum Gasteiger partial charge on any atom is -0.465 e. The van der Waals surface area contributed by atoms with E-state index in [0.717, 1.165) is 12.8 Å². The number of rotatable bonds is 1. The molecule has 1 N–H and O–H groups in total. The van der Waals surface area contributed by atoms with E-state index in [-0.39, 0.29) is 5.41 Å². The highest BCUT2D eigenvalue weighted by Gasteiger charge is 2.34. The maximum atomic E-state index is 11.0. The van der Waals surface area contributed by atoms with Gasteiger partial charge in [0.1, 0.15) is 0 Å². The fourth-order valence-corrected chi connectivity index (χ4v) is 3.98. The Balaban J connectivity index is 1.87. The van der Waals surface area contributed by atoms with Gasteiger partial charge < -0.3 is 10.0 Å². The summed E-state index contributed by atoms with van der Waals surface area (Å²) in [7, 11) is 0. The summed E-state index contributed by atoms with van der Waals surface area (Å²) in [5, 5.41) is 10.3. The van der Waals surface area contributed by atoms with Crippen molar-refractivity contribution in [3.8, 4) is 0 Å². The Labute approximate surface area is 116 Å². The van der Waals surface area contributed by atoms with Gasteiger partial charge in [0.2, 0.25) is 0 Å². The molecule has 3 rings (SSSR count). The van der Waals surface area contributed by atoms with Crippen LogP contribution in [0.15, 0.2) is 30.3 Å². The van der Waals surface area contributed by atoms with Crippen molar-refractivity contribution in [1.29, 1.82) is 0 Å². The molecule has 1 amide bonds. The zero-order valence-electron chi connectivity index (χ0n) is 10.9. The summed E-state index contributed by atoms with van der Waals surface area (Å²) in [5.74, 6) is 0. The first-order valence-electron chi connectivity index (χ1n) is 6.55. The van der Waals surface area contributed by atoms with Crippen molar-refractivity contribution in [2.45, 2.75) is 25.2 Å². The maximum Gasteiger partial charge on any atom is 0.407 e. The number of thiophene rings is 1. The molecule has 1 aliphatic heterocycles. The zero-order chi connectivity index (χ0) is 13.5. The number of carboxylic acid groups (broad SMARTS) is 1. The molecule has 3 nitrogen and oxygen atoms in total. The first-order chi connectivity index (χ1) is 9.08. The van der Waals surface area contributed by atoms with Crippen molar-refractivity contribution in [1.82, 2.24) is 4.90 Å². The lowest BCUT2D eigenvalue weighted by Gasteiger charge is -2.37. The Morgan fingerprint density at radius 1 is 1.32 bits per heavy atom. The Morgan fingerprint density at radius 3 is 2.63 bits per heavy atom. The molecular formula is C15H17NO2S. The van der Waals surface area contributed by atoms with Gasteiger partial charge in [0, 0.05) is 28.1 Å². The normalized spacial score (nSPS) is 18.7. The van der Waals surface area contributed by atoms with E-state index in [9.17, 15) is 4.79 Å². The lowest BCUT2D eigenvalue weighted by atomic mass is 9.79. The number of nitrogens with zero attached hydrogens (tertiary/aromatic N) is 1. The van der Waals surface area contributed by atoms with E-state index in [1.54, 1.807) is 0 Å². The van der Waals surface area contributed by atoms with Crippen LogP contribution in [0.2, 0.25) is 0 Å². The Bertz CT molecular complexity index is 578. The molecule has 19 heavy (non-hydrogen) atoms. The molecule has 1 fully saturated rings. The number of benzene rings is 1. The number of likely N-dealkylation sites (tertiary alicyclic amines) is 1. The highest BCUT2D eigenvalue weighted by molar-refractivity contribution is 7.19. The van der Waals surface area contributed by atoms with Gasteiger partial charge in [-0.25, -0.2) is 4.79 Å². The van der Waals surface area contributed by atoms with Gasteiger partial charge in [-0.05, 0) is 30.4 Å². The summed E-state index contributed by atoms with van der Waals surface area (Å²) in [6.07, 6.45) is 1.02. The number of hydrogen-bond acceptors (Lipinski definition) is 2. The smallest absolute Gasteiger partial charge is 0.407 e. The van der Waals surface area contributed by atoms with Crippen LogP contribution < -0.4 is 0 Å². The summed E-state index contributed by atoms with van der Waals surface area (Å²) >= 11 is 1.85. The molecule has 0 saturated carbocycles. The van der Waals surface area contributed by atoms with E-state index < -0.39 is 6.09 Å². The molecule has 0 bridgehead atoms. The minimum atomic E-state index is -0.793. The van der Waals surface area contributed by atoms with Crippen LogP contribution in [0.4, 0.5) is 4.79 Å². The average Bonchev–Trinajstić information content (AvgIpc) is 2.83. The number of hydrogen-bond donors (Lipinski definition) is 1. The second-order valence-electron chi connectivity index (χ2n) is 5.48. The topological polar surface area (TPSA) is 40.5 Å². The van der Waals surface area contributed by atoms with Gasteiger partial charge in [-0.15, -0.1) is 11.3 Å². The van der Waals surface area contributed by atoms with Crippen molar-refractivity contribution >= 4 is 27.5 Å². The van der Waals surface area contributed by atoms with Crippen LogP contribution in [0, 0.1) is 0 Å². The molecule has 0 radical (unpaired) electrons. The van der Waals surface area contributed by atoms with Crippen molar-refractivity contribution in [2.75, 3.05) is 13.1 Å². The van der Waals surface area contributed by atoms with Crippen LogP contribution >= 0.6 is 11.3 Å². The first-order valence-corrected chi connectivity index (χ1v) is 7.37. The number of piperidine rings is 1. The molecule has 1 saturated heterocycles. The van der Waals surface area contributed by atoms with Gasteiger partial charge in [0.25, 0.3) is 0 Å². The average molecular weight is 275 g/mol. The third-order valence-electron chi connectivity index (χ3n) is 4.16. The standard InChI is InChI=1S/C15H17NO2S/c1-15(6-8-16(9-7-15)14(17)18)13-10-11-4-2-3-5-12(11)19-13/h2-5,10H,6-9H2,1H3,(H,17,18). The molecule has 4 heteroatoms. The molecule has 100 valence electrons. The summed E-state index contributed by atoms with van der Waals surface area (Å²) in [6.45, 7) is 3.54. The predicted octanol–water partition coefficient (Wildman–Crippen LogP) is 3.93. The van der Waals surface area contributed by atoms with E-state index in [2.05, 4.69) is 37.3 Å². The fourth-order valence-electron chi connectivity index (χ4n) is 2.72. The largest absolute Gasteiger partial charge is 0.465 e. The monoisotopic (exact) mass is 275 g/mol. The summed E-state index contributed by atoms with van der Waals surface area (Å²) < 4.78 is 1.32. The first kappa shape index (κ1) is 12.5. The second kappa shape index (κ2) is 4.53.